The highest BCUT2D eigenvalue weighted by Gasteiger charge is 2.15. The number of halogens is 1. The van der Waals surface area contributed by atoms with E-state index in [0.29, 0.717) is 31.0 Å². The maximum atomic E-state index is 13.0. The van der Waals surface area contributed by atoms with E-state index in [1.807, 2.05) is 25.7 Å². The summed E-state index contributed by atoms with van der Waals surface area (Å²) in [7, 11) is 0. The second-order valence-corrected chi connectivity index (χ2v) is 4.73. The first kappa shape index (κ1) is 14.5. The number of benzene rings is 1. The highest BCUT2D eigenvalue weighted by molar-refractivity contribution is 5.55. The Labute approximate surface area is 117 Å². The summed E-state index contributed by atoms with van der Waals surface area (Å²) in [4.78, 5) is 1.84. The van der Waals surface area contributed by atoms with Gasteiger partial charge >= 0.3 is 6.01 Å². The molecule has 20 heavy (non-hydrogen) atoms. The number of nitrogens with one attached hydrogen (secondary N) is 1. The van der Waals surface area contributed by atoms with Crippen LogP contribution in [-0.2, 0) is 6.54 Å². The van der Waals surface area contributed by atoms with Gasteiger partial charge in [-0.25, -0.2) is 4.39 Å². The van der Waals surface area contributed by atoms with E-state index in [2.05, 4.69) is 15.5 Å². The van der Waals surface area contributed by atoms with Crippen molar-refractivity contribution >= 4 is 11.7 Å². The number of hydrogen-bond acceptors (Lipinski definition) is 5. The third kappa shape index (κ3) is 3.54. The quantitative estimate of drug-likeness (QED) is 0.880. The predicted octanol–water partition coefficient (Wildman–Crippen LogP) is 2.86. The van der Waals surface area contributed by atoms with Crippen LogP contribution in [0.25, 0.3) is 0 Å². The molecule has 1 aromatic heterocycles. The standard InChI is InChI=1S/C14H19FN4O/c1-4-19(12-7-5-11(15)6-8-12)14-18-17-13(20-14)9-16-10(2)3/h5-8,10,16H,4,9H2,1-3H3. The van der Waals surface area contributed by atoms with Gasteiger partial charge < -0.3 is 9.73 Å². The number of rotatable bonds is 6. The van der Waals surface area contributed by atoms with Gasteiger partial charge in [0.15, 0.2) is 0 Å². The Bertz CT molecular complexity index is 538. The maximum absolute atomic E-state index is 13.0. The Balaban J connectivity index is 2.13. The van der Waals surface area contributed by atoms with Crippen molar-refractivity contribution in [2.24, 2.45) is 0 Å². The molecule has 0 atom stereocenters. The molecule has 0 bridgehead atoms. The van der Waals surface area contributed by atoms with E-state index in [-0.39, 0.29) is 5.82 Å². The molecule has 0 fully saturated rings. The molecule has 0 aliphatic carbocycles. The maximum Gasteiger partial charge on any atom is 0.322 e. The van der Waals surface area contributed by atoms with Crippen molar-refractivity contribution in [2.45, 2.75) is 33.4 Å². The monoisotopic (exact) mass is 278 g/mol. The summed E-state index contributed by atoms with van der Waals surface area (Å²) in [5.74, 6) is 0.270. The van der Waals surface area contributed by atoms with Crippen LogP contribution in [-0.4, -0.2) is 22.8 Å². The molecule has 0 spiro atoms. The van der Waals surface area contributed by atoms with Gasteiger partial charge in [0, 0.05) is 18.3 Å². The van der Waals surface area contributed by atoms with Gasteiger partial charge in [0.1, 0.15) is 5.82 Å². The second-order valence-electron chi connectivity index (χ2n) is 4.73. The van der Waals surface area contributed by atoms with Crippen LogP contribution < -0.4 is 10.2 Å². The Morgan fingerprint density at radius 3 is 2.55 bits per heavy atom. The lowest BCUT2D eigenvalue weighted by atomic mass is 10.3. The summed E-state index contributed by atoms with van der Waals surface area (Å²) in [6.07, 6.45) is 0. The van der Waals surface area contributed by atoms with Crippen LogP contribution >= 0.6 is 0 Å². The van der Waals surface area contributed by atoms with E-state index in [4.69, 9.17) is 4.42 Å². The fourth-order valence-corrected chi connectivity index (χ4v) is 1.77. The Kier molecular flexibility index (Phi) is 4.68. The van der Waals surface area contributed by atoms with Crippen LogP contribution in [0.3, 0.4) is 0 Å². The summed E-state index contributed by atoms with van der Waals surface area (Å²) < 4.78 is 18.6. The van der Waals surface area contributed by atoms with Crippen LogP contribution in [0.2, 0.25) is 0 Å². The first-order valence-corrected chi connectivity index (χ1v) is 6.69. The topological polar surface area (TPSA) is 54.2 Å². The lowest BCUT2D eigenvalue weighted by Crippen LogP contribution is -2.22. The Morgan fingerprint density at radius 2 is 1.95 bits per heavy atom. The molecule has 0 radical (unpaired) electrons. The van der Waals surface area contributed by atoms with Crippen LogP contribution in [0.5, 0.6) is 0 Å². The fraction of sp³-hybridized carbons (Fsp3) is 0.429. The van der Waals surface area contributed by atoms with Gasteiger partial charge in [-0.2, -0.15) is 0 Å². The lowest BCUT2D eigenvalue weighted by Gasteiger charge is -2.17. The largest absolute Gasteiger partial charge is 0.406 e. The minimum absolute atomic E-state index is 0.267. The van der Waals surface area contributed by atoms with Gasteiger partial charge in [0.05, 0.1) is 6.54 Å². The van der Waals surface area contributed by atoms with Gasteiger partial charge in [-0.05, 0) is 31.2 Å². The summed E-state index contributed by atoms with van der Waals surface area (Å²) in [6, 6.07) is 6.97. The molecular formula is C14H19FN4O. The molecule has 6 heteroatoms. The minimum Gasteiger partial charge on any atom is -0.406 e. The molecule has 0 unspecified atom stereocenters. The van der Waals surface area contributed by atoms with Gasteiger partial charge in [-0.1, -0.05) is 18.9 Å². The van der Waals surface area contributed by atoms with Crippen molar-refractivity contribution in [1.82, 2.24) is 15.5 Å². The molecule has 0 saturated carbocycles. The number of aromatic nitrogens is 2. The van der Waals surface area contributed by atoms with Gasteiger partial charge in [-0.3, -0.25) is 4.90 Å². The van der Waals surface area contributed by atoms with Crippen molar-refractivity contribution in [3.8, 4) is 0 Å². The summed E-state index contributed by atoms with van der Waals surface area (Å²) >= 11 is 0. The van der Waals surface area contributed by atoms with E-state index in [1.54, 1.807) is 12.1 Å². The zero-order chi connectivity index (χ0) is 14.5. The molecule has 0 aliphatic rings. The van der Waals surface area contributed by atoms with Crippen LogP contribution in [0, 0.1) is 5.82 Å². The van der Waals surface area contributed by atoms with Gasteiger partial charge in [-0.15, -0.1) is 5.10 Å². The van der Waals surface area contributed by atoms with Crippen LogP contribution in [0.4, 0.5) is 16.1 Å². The second kappa shape index (κ2) is 6.47. The molecule has 108 valence electrons. The molecule has 1 aromatic carbocycles. The zero-order valence-corrected chi connectivity index (χ0v) is 11.9. The van der Waals surface area contributed by atoms with E-state index in [1.165, 1.54) is 12.1 Å². The molecular weight excluding hydrogens is 259 g/mol. The van der Waals surface area contributed by atoms with Crippen molar-refractivity contribution in [2.75, 3.05) is 11.4 Å². The van der Waals surface area contributed by atoms with Crippen molar-refractivity contribution in [3.63, 3.8) is 0 Å². The molecule has 0 saturated heterocycles. The fourth-order valence-electron chi connectivity index (χ4n) is 1.77. The normalized spacial score (nSPS) is 11.1. The van der Waals surface area contributed by atoms with E-state index < -0.39 is 0 Å². The zero-order valence-electron chi connectivity index (χ0n) is 11.9. The molecule has 0 aliphatic heterocycles. The van der Waals surface area contributed by atoms with E-state index >= 15 is 0 Å². The first-order valence-electron chi connectivity index (χ1n) is 6.69. The minimum atomic E-state index is -0.267. The summed E-state index contributed by atoms with van der Waals surface area (Å²) in [5, 5.41) is 11.3. The first-order chi connectivity index (χ1) is 9.60. The number of anilines is 2. The molecule has 0 amide bonds. The molecule has 2 aromatic rings. The van der Waals surface area contributed by atoms with Gasteiger partial charge in [0.25, 0.3) is 0 Å². The van der Waals surface area contributed by atoms with E-state index in [9.17, 15) is 4.39 Å². The highest BCUT2D eigenvalue weighted by atomic mass is 19.1. The smallest absolute Gasteiger partial charge is 0.322 e. The molecule has 1 N–H and O–H groups in total. The van der Waals surface area contributed by atoms with Crippen LogP contribution in [0.15, 0.2) is 28.7 Å². The highest BCUT2D eigenvalue weighted by Crippen LogP contribution is 2.23. The molecule has 2 rings (SSSR count). The SMILES string of the molecule is CCN(c1ccc(F)cc1)c1nnc(CNC(C)C)o1. The number of hydrogen-bond donors (Lipinski definition) is 1. The molecule has 5 nitrogen and oxygen atoms in total. The van der Waals surface area contributed by atoms with E-state index in [0.717, 1.165) is 5.69 Å². The third-order valence-corrected chi connectivity index (χ3v) is 2.80. The lowest BCUT2D eigenvalue weighted by molar-refractivity contribution is 0.453. The predicted molar refractivity (Wildman–Crippen MR) is 75.4 cm³/mol. The van der Waals surface area contributed by atoms with Crippen LogP contribution in [0.1, 0.15) is 26.7 Å². The van der Waals surface area contributed by atoms with Gasteiger partial charge in [0.2, 0.25) is 5.89 Å². The third-order valence-electron chi connectivity index (χ3n) is 2.80. The summed E-state index contributed by atoms with van der Waals surface area (Å²) in [5.41, 5.74) is 0.820. The summed E-state index contributed by atoms with van der Waals surface area (Å²) in [6.45, 7) is 7.26. The Morgan fingerprint density at radius 1 is 1.25 bits per heavy atom. The van der Waals surface area contributed by atoms with Crippen molar-refractivity contribution in [1.29, 1.82) is 0 Å². The van der Waals surface area contributed by atoms with Crippen molar-refractivity contribution < 1.29 is 8.81 Å². The number of nitrogens with zero attached hydrogens (tertiary/aromatic N) is 3. The molecule has 1 heterocycles. The van der Waals surface area contributed by atoms with Crippen molar-refractivity contribution in [3.05, 3.63) is 36.0 Å². The Hall–Kier alpha value is -1.95. The average Bonchev–Trinajstić information content (AvgIpc) is 2.88. The average molecular weight is 278 g/mol.